The molecule has 2 rings (SSSR count). The maximum absolute atomic E-state index is 5.58. The zero-order valence-corrected chi connectivity index (χ0v) is 11.9. The highest BCUT2D eigenvalue weighted by Crippen LogP contribution is 2.15. The second-order valence-corrected chi connectivity index (χ2v) is 4.70. The standard InChI is InChI=1S/C18H21NO/c1-2-13-20-18-11-9-16(10-12-18)4-3-15-5-7-17(14-19)8-6-15/h3-12H,2,13-14,19H2,1H3/b4-3+. The van der Waals surface area contributed by atoms with Crippen molar-refractivity contribution in [3.63, 3.8) is 0 Å². The van der Waals surface area contributed by atoms with E-state index < -0.39 is 0 Å². The fourth-order valence-electron chi connectivity index (χ4n) is 1.85. The van der Waals surface area contributed by atoms with E-state index >= 15 is 0 Å². The molecule has 0 aliphatic carbocycles. The Hall–Kier alpha value is -2.06. The normalized spacial score (nSPS) is 10.9. The van der Waals surface area contributed by atoms with Crippen molar-refractivity contribution in [3.05, 3.63) is 65.2 Å². The molecule has 0 aromatic heterocycles. The van der Waals surface area contributed by atoms with Gasteiger partial charge in [-0.05, 0) is 35.2 Å². The fourth-order valence-corrected chi connectivity index (χ4v) is 1.85. The zero-order chi connectivity index (χ0) is 14.2. The SMILES string of the molecule is CCCOc1ccc(/C=C/c2ccc(CN)cc2)cc1. The van der Waals surface area contributed by atoms with Crippen LogP contribution >= 0.6 is 0 Å². The van der Waals surface area contributed by atoms with Crippen molar-refractivity contribution >= 4 is 12.2 Å². The summed E-state index contributed by atoms with van der Waals surface area (Å²) in [5, 5.41) is 0. The molecule has 2 aromatic carbocycles. The first-order valence-electron chi connectivity index (χ1n) is 7.02. The Bertz CT molecular complexity index is 541. The number of benzene rings is 2. The lowest BCUT2D eigenvalue weighted by Gasteiger charge is -2.04. The zero-order valence-electron chi connectivity index (χ0n) is 11.9. The number of rotatable bonds is 6. The van der Waals surface area contributed by atoms with Gasteiger partial charge in [-0.2, -0.15) is 0 Å². The summed E-state index contributed by atoms with van der Waals surface area (Å²) in [6.07, 6.45) is 5.23. The molecule has 2 N–H and O–H groups in total. The summed E-state index contributed by atoms with van der Waals surface area (Å²) >= 11 is 0. The molecule has 20 heavy (non-hydrogen) atoms. The van der Waals surface area contributed by atoms with Crippen LogP contribution in [0.15, 0.2) is 48.5 Å². The van der Waals surface area contributed by atoms with Crippen LogP contribution in [0.1, 0.15) is 30.0 Å². The van der Waals surface area contributed by atoms with Crippen LogP contribution in [-0.4, -0.2) is 6.61 Å². The second kappa shape index (κ2) is 7.51. The minimum absolute atomic E-state index is 0.587. The lowest BCUT2D eigenvalue weighted by atomic mass is 10.1. The van der Waals surface area contributed by atoms with Gasteiger partial charge in [-0.25, -0.2) is 0 Å². The van der Waals surface area contributed by atoms with Crippen molar-refractivity contribution < 1.29 is 4.74 Å². The van der Waals surface area contributed by atoms with Gasteiger partial charge in [-0.3, -0.25) is 0 Å². The van der Waals surface area contributed by atoms with Crippen LogP contribution in [0, 0.1) is 0 Å². The number of nitrogens with two attached hydrogens (primary N) is 1. The molecule has 0 fully saturated rings. The van der Waals surface area contributed by atoms with Gasteiger partial charge in [0.1, 0.15) is 5.75 Å². The molecule has 0 bridgehead atoms. The first-order chi connectivity index (χ1) is 9.81. The molecule has 0 amide bonds. The van der Waals surface area contributed by atoms with Crippen molar-refractivity contribution in [2.24, 2.45) is 5.73 Å². The largest absolute Gasteiger partial charge is 0.494 e. The molecule has 0 saturated carbocycles. The van der Waals surface area contributed by atoms with E-state index in [1.54, 1.807) is 0 Å². The molecule has 0 spiro atoms. The van der Waals surface area contributed by atoms with Crippen LogP contribution in [-0.2, 0) is 6.54 Å². The van der Waals surface area contributed by atoms with Crippen molar-refractivity contribution in [1.82, 2.24) is 0 Å². The van der Waals surface area contributed by atoms with Gasteiger partial charge in [0.05, 0.1) is 6.61 Å². The third-order valence-corrected chi connectivity index (χ3v) is 3.04. The maximum atomic E-state index is 5.58. The van der Waals surface area contributed by atoms with Gasteiger partial charge in [0, 0.05) is 6.54 Å². The monoisotopic (exact) mass is 267 g/mol. The molecule has 0 aliphatic rings. The highest BCUT2D eigenvalue weighted by molar-refractivity contribution is 5.69. The molecule has 0 heterocycles. The van der Waals surface area contributed by atoms with Crippen molar-refractivity contribution in [2.75, 3.05) is 6.61 Å². The van der Waals surface area contributed by atoms with E-state index in [0.717, 1.165) is 29.9 Å². The van der Waals surface area contributed by atoms with Crippen LogP contribution in [0.5, 0.6) is 5.75 Å². The highest BCUT2D eigenvalue weighted by atomic mass is 16.5. The summed E-state index contributed by atoms with van der Waals surface area (Å²) in [6, 6.07) is 16.4. The molecule has 104 valence electrons. The van der Waals surface area contributed by atoms with E-state index in [1.165, 1.54) is 5.56 Å². The van der Waals surface area contributed by atoms with E-state index in [4.69, 9.17) is 10.5 Å². The number of ether oxygens (including phenoxy) is 1. The van der Waals surface area contributed by atoms with Gasteiger partial charge >= 0.3 is 0 Å². The van der Waals surface area contributed by atoms with Gasteiger partial charge in [0.25, 0.3) is 0 Å². The molecule has 0 aliphatic heterocycles. The van der Waals surface area contributed by atoms with Crippen LogP contribution in [0.3, 0.4) is 0 Å². The van der Waals surface area contributed by atoms with Crippen molar-refractivity contribution in [3.8, 4) is 5.75 Å². The molecular weight excluding hydrogens is 246 g/mol. The van der Waals surface area contributed by atoms with Crippen LogP contribution in [0.2, 0.25) is 0 Å². The third kappa shape index (κ3) is 4.25. The molecule has 2 nitrogen and oxygen atoms in total. The first-order valence-corrected chi connectivity index (χ1v) is 7.02. The maximum Gasteiger partial charge on any atom is 0.119 e. The summed E-state index contributed by atoms with van der Waals surface area (Å²) in [5.41, 5.74) is 9.07. The smallest absolute Gasteiger partial charge is 0.119 e. The van der Waals surface area contributed by atoms with Crippen LogP contribution in [0.25, 0.3) is 12.2 Å². The van der Waals surface area contributed by atoms with E-state index in [2.05, 4.69) is 55.5 Å². The molecular formula is C18H21NO. The number of hydrogen-bond donors (Lipinski definition) is 1. The van der Waals surface area contributed by atoms with Gasteiger partial charge in [0.2, 0.25) is 0 Å². The lowest BCUT2D eigenvalue weighted by Crippen LogP contribution is -1.95. The summed E-state index contributed by atoms with van der Waals surface area (Å²) < 4.78 is 5.56. The lowest BCUT2D eigenvalue weighted by molar-refractivity contribution is 0.317. The minimum atomic E-state index is 0.587. The summed E-state index contributed by atoms with van der Waals surface area (Å²) in [7, 11) is 0. The molecule has 0 unspecified atom stereocenters. The Morgan fingerprint density at radius 1 is 0.900 bits per heavy atom. The summed E-state index contributed by atoms with van der Waals surface area (Å²) in [6.45, 7) is 3.46. The second-order valence-electron chi connectivity index (χ2n) is 4.70. The van der Waals surface area contributed by atoms with E-state index in [1.807, 2.05) is 12.1 Å². The van der Waals surface area contributed by atoms with Gasteiger partial charge in [-0.1, -0.05) is 55.5 Å². The minimum Gasteiger partial charge on any atom is -0.494 e. The van der Waals surface area contributed by atoms with E-state index in [0.29, 0.717) is 6.54 Å². The third-order valence-electron chi connectivity index (χ3n) is 3.04. The Kier molecular flexibility index (Phi) is 5.39. The highest BCUT2D eigenvalue weighted by Gasteiger charge is 1.93. The number of hydrogen-bond acceptors (Lipinski definition) is 2. The molecule has 2 aromatic rings. The molecule has 0 atom stereocenters. The van der Waals surface area contributed by atoms with Crippen LogP contribution in [0.4, 0.5) is 0 Å². The summed E-state index contributed by atoms with van der Waals surface area (Å²) in [4.78, 5) is 0. The summed E-state index contributed by atoms with van der Waals surface area (Å²) in [5.74, 6) is 0.927. The predicted octanol–water partition coefficient (Wildman–Crippen LogP) is 4.10. The Morgan fingerprint density at radius 2 is 1.45 bits per heavy atom. The van der Waals surface area contributed by atoms with E-state index in [-0.39, 0.29) is 0 Å². The fraction of sp³-hybridized carbons (Fsp3) is 0.222. The molecule has 2 heteroatoms. The van der Waals surface area contributed by atoms with Gasteiger partial charge in [-0.15, -0.1) is 0 Å². The quantitative estimate of drug-likeness (QED) is 0.800. The van der Waals surface area contributed by atoms with E-state index in [9.17, 15) is 0 Å². The topological polar surface area (TPSA) is 35.2 Å². The average molecular weight is 267 g/mol. The van der Waals surface area contributed by atoms with Gasteiger partial charge in [0.15, 0.2) is 0 Å². The van der Waals surface area contributed by atoms with Crippen molar-refractivity contribution in [1.29, 1.82) is 0 Å². The average Bonchev–Trinajstić information content (AvgIpc) is 2.52. The van der Waals surface area contributed by atoms with Gasteiger partial charge < -0.3 is 10.5 Å². The van der Waals surface area contributed by atoms with Crippen LogP contribution < -0.4 is 10.5 Å². The molecule has 0 radical (unpaired) electrons. The molecule has 0 saturated heterocycles. The predicted molar refractivity (Wildman–Crippen MR) is 85.5 cm³/mol. The Labute approximate surface area is 120 Å². The Balaban J connectivity index is 1.99. The Morgan fingerprint density at radius 3 is 1.95 bits per heavy atom. The first kappa shape index (κ1) is 14.4. The van der Waals surface area contributed by atoms with Crippen molar-refractivity contribution in [2.45, 2.75) is 19.9 Å².